The smallest absolute Gasteiger partial charge is 0.260 e. The van der Waals surface area contributed by atoms with Gasteiger partial charge in [0.15, 0.2) is 0 Å². The number of hydrogen-bond acceptors (Lipinski definition) is 1. The highest BCUT2D eigenvalue weighted by molar-refractivity contribution is 7.84. The Hall–Kier alpha value is -0.0600. The van der Waals surface area contributed by atoms with Crippen molar-refractivity contribution >= 4 is 10.8 Å². The van der Waals surface area contributed by atoms with Crippen LogP contribution in [-0.2, 0) is 10.8 Å². The summed E-state index contributed by atoms with van der Waals surface area (Å²) < 4.78 is 44.9. The van der Waals surface area contributed by atoms with Crippen molar-refractivity contribution in [1.29, 1.82) is 0 Å². The molecule has 0 bridgehead atoms. The third-order valence-electron chi connectivity index (χ3n) is 1.14. The summed E-state index contributed by atoms with van der Waals surface area (Å²) in [4.78, 5) is 0. The van der Waals surface area contributed by atoms with Gasteiger partial charge in [-0.25, -0.2) is 0 Å². The van der Waals surface area contributed by atoms with E-state index in [0.29, 0.717) is 12.2 Å². The minimum atomic E-state index is -4.06. The van der Waals surface area contributed by atoms with Gasteiger partial charge in [-0.3, -0.25) is 4.21 Å². The maximum Gasteiger partial charge on any atom is 0.389 e. The Morgan fingerprint density at radius 3 is 2.18 bits per heavy atom. The van der Waals surface area contributed by atoms with Crippen LogP contribution in [0.4, 0.5) is 13.2 Å². The molecule has 0 N–H and O–H groups in total. The first-order valence-electron chi connectivity index (χ1n) is 3.28. The number of hydrogen-bond donors (Lipinski definition) is 0. The standard InChI is InChI=1S/C6H11F3OS/c1-11(10)5-3-2-4-6(7,8)9/h2-5H2,1H3. The SMILES string of the molecule is CS(=O)CCCCC(F)(F)F. The molecule has 11 heavy (non-hydrogen) atoms. The molecule has 0 aliphatic carbocycles. The van der Waals surface area contributed by atoms with E-state index < -0.39 is 23.4 Å². The van der Waals surface area contributed by atoms with Gasteiger partial charge in [-0.1, -0.05) is 0 Å². The van der Waals surface area contributed by atoms with E-state index in [0.717, 1.165) is 0 Å². The Morgan fingerprint density at radius 2 is 1.82 bits per heavy atom. The molecule has 0 aliphatic rings. The Kier molecular flexibility index (Phi) is 4.72. The van der Waals surface area contributed by atoms with Gasteiger partial charge in [0.2, 0.25) is 0 Å². The molecular weight excluding hydrogens is 177 g/mol. The second kappa shape index (κ2) is 4.74. The van der Waals surface area contributed by atoms with Gasteiger partial charge in [-0.2, -0.15) is 13.2 Å². The fraction of sp³-hybridized carbons (Fsp3) is 1.00. The number of unbranched alkanes of at least 4 members (excludes halogenated alkanes) is 1. The van der Waals surface area contributed by atoms with Crippen molar-refractivity contribution in [3.8, 4) is 0 Å². The molecule has 0 aliphatic heterocycles. The molecule has 1 nitrogen and oxygen atoms in total. The molecule has 0 spiro atoms. The van der Waals surface area contributed by atoms with Crippen LogP contribution in [0.2, 0.25) is 0 Å². The summed E-state index contributed by atoms with van der Waals surface area (Å²) in [6, 6.07) is 0. The Labute approximate surface area is 66.4 Å². The van der Waals surface area contributed by atoms with E-state index in [-0.39, 0.29) is 6.42 Å². The fourth-order valence-electron chi connectivity index (χ4n) is 0.631. The van der Waals surface area contributed by atoms with Crippen LogP contribution in [0.3, 0.4) is 0 Å². The van der Waals surface area contributed by atoms with Crippen LogP contribution in [-0.4, -0.2) is 22.4 Å². The van der Waals surface area contributed by atoms with Gasteiger partial charge in [-0.05, 0) is 12.8 Å². The van der Waals surface area contributed by atoms with Crippen LogP contribution >= 0.6 is 0 Å². The van der Waals surface area contributed by atoms with Gasteiger partial charge in [0, 0.05) is 29.2 Å². The monoisotopic (exact) mass is 188 g/mol. The van der Waals surface area contributed by atoms with Crippen LogP contribution in [0.5, 0.6) is 0 Å². The van der Waals surface area contributed by atoms with Crippen LogP contribution < -0.4 is 0 Å². The zero-order valence-corrected chi connectivity index (χ0v) is 7.10. The predicted molar refractivity (Wildman–Crippen MR) is 38.8 cm³/mol. The molecule has 0 radical (unpaired) electrons. The summed E-state index contributed by atoms with van der Waals surface area (Å²) >= 11 is 0. The fourth-order valence-corrected chi connectivity index (χ4v) is 1.24. The van der Waals surface area contributed by atoms with Crippen molar-refractivity contribution in [3.63, 3.8) is 0 Å². The van der Waals surface area contributed by atoms with Crippen LogP contribution in [0.15, 0.2) is 0 Å². The quantitative estimate of drug-likeness (QED) is 0.617. The summed E-state index contributed by atoms with van der Waals surface area (Å²) in [5, 5.41) is 0. The summed E-state index contributed by atoms with van der Waals surface area (Å²) in [6.45, 7) is 0. The van der Waals surface area contributed by atoms with E-state index in [1.54, 1.807) is 0 Å². The van der Waals surface area contributed by atoms with Gasteiger partial charge in [0.05, 0.1) is 0 Å². The number of rotatable bonds is 4. The van der Waals surface area contributed by atoms with E-state index in [2.05, 4.69) is 0 Å². The predicted octanol–water partition coefficient (Wildman–Crippen LogP) is 2.10. The van der Waals surface area contributed by atoms with Crippen molar-refractivity contribution in [3.05, 3.63) is 0 Å². The van der Waals surface area contributed by atoms with Crippen molar-refractivity contribution in [2.24, 2.45) is 0 Å². The van der Waals surface area contributed by atoms with Crippen LogP contribution in [0, 0.1) is 0 Å². The Bertz CT molecular complexity index is 132. The normalized spacial score (nSPS) is 14.9. The molecule has 0 rings (SSSR count). The van der Waals surface area contributed by atoms with Crippen LogP contribution in [0.25, 0.3) is 0 Å². The molecule has 0 aromatic rings. The van der Waals surface area contributed by atoms with Crippen molar-refractivity contribution < 1.29 is 17.4 Å². The van der Waals surface area contributed by atoms with Gasteiger partial charge >= 0.3 is 6.18 Å². The molecule has 0 aromatic heterocycles. The lowest BCUT2D eigenvalue weighted by Gasteiger charge is -2.04. The molecule has 0 fully saturated rings. The van der Waals surface area contributed by atoms with Crippen molar-refractivity contribution in [1.82, 2.24) is 0 Å². The van der Waals surface area contributed by atoms with E-state index in [9.17, 15) is 17.4 Å². The van der Waals surface area contributed by atoms with Crippen molar-refractivity contribution in [2.75, 3.05) is 12.0 Å². The molecule has 0 saturated heterocycles. The lowest BCUT2D eigenvalue weighted by molar-refractivity contribution is -0.135. The first kappa shape index (κ1) is 10.9. The molecule has 1 atom stereocenters. The molecule has 0 heterocycles. The third kappa shape index (κ3) is 9.94. The highest BCUT2D eigenvalue weighted by Gasteiger charge is 2.25. The molecule has 0 aromatic carbocycles. The largest absolute Gasteiger partial charge is 0.389 e. The average Bonchev–Trinajstić information content (AvgIpc) is 1.78. The third-order valence-corrected chi connectivity index (χ3v) is 2.01. The Morgan fingerprint density at radius 1 is 1.27 bits per heavy atom. The van der Waals surface area contributed by atoms with Crippen molar-refractivity contribution in [2.45, 2.75) is 25.4 Å². The highest BCUT2D eigenvalue weighted by atomic mass is 32.2. The molecule has 0 saturated carbocycles. The molecule has 1 unspecified atom stereocenters. The number of alkyl halides is 3. The number of halogens is 3. The molecule has 68 valence electrons. The van der Waals surface area contributed by atoms with E-state index in [1.165, 1.54) is 6.26 Å². The van der Waals surface area contributed by atoms with Gasteiger partial charge in [0.1, 0.15) is 0 Å². The summed E-state index contributed by atoms with van der Waals surface area (Å²) in [5.41, 5.74) is 0. The second-order valence-electron chi connectivity index (χ2n) is 2.35. The zero-order valence-electron chi connectivity index (χ0n) is 6.28. The van der Waals surface area contributed by atoms with Gasteiger partial charge in [-0.15, -0.1) is 0 Å². The molecule has 0 amide bonds. The maximum absolute atomic E-state index is 11.5. The minimum absolute atomic E-state index is 0.0864. The average molecular weight is 188 g/mol. The topological polar surface area (TPSA) is 17.1 Å². The maximum atomic E-state index is 11.5. The Balaban J connectivity index is 3.22. The summed E-state index contributed by atoms with van der Waals surface area (Å²) in [6.07, 6.45) is -2.85. The summed E-state index contributed by atoms with van der Waals surface area (Å²) in [7, 11) is -0.961. The lowest BCUT2D eigenvalue weighted by Crippen LogP contribution is -2.07. The lowest BCUT2D eigenvalue weighted by atomic mass is 10.2. The molecule has 5 heteroatoms. The van der Waals surface area contributed by atoms with E-state index in [1.807, 2.05) is 0 Å². The van der Waals surface area contributed by atoms with Gasteiger partial charge < -0.3 is 0 Å². The second-order valence-corrected chi connectivity index (χ2v) is 3.90. The van der Waals surface area contributed by atoms with E-state index >= 15 is 0 Å². The first-order valence-corrected chi connectivity index (χ1v) is 5.01. The van der Waals surface area contributed by atoms with Gasteiger partial charge in [0.25, 0.3) is 0 Å². The van der Waals surface area contributed by atoms with E-state index in [4.69, 9.17) is 0 Å². The highest BCUT2D eigenvalue weighted by Crippen LogP contribution is 2.21. The van der Waals surface area contributed by atoms with Crippen LogP contribution in [0.1, 0.15) is 19.3 Å². The minimum Gasteiger partial charge on any atom is -0.260 e. The summed E-state index contributed by atoms with van der Waals surface area (Å²) in [5.74, 6) is 0.371. The molecular formula is C6H11F3OS. The zero-order chi connectivity index (χ0) is 8.91. The first-order chi connectivity index (χ1) is 4.92.